The van der Waals surface area contributed by atoms with Gasteiger partial charge in [-0.2, -0.15) is 11.8 Å². The summed E-state index contributed by atoms with van der Waals surface area (Å²) in [6.45, 7) is 5.03. The van der Waals surface area contributed by atoms with Crippen LogP contribution in [0.2, 0.25) is 0 Å². The molecule has 0 fully saturated rings. The Bertz CT molecular complexity index is 201. The van der Waals surface area contributed by atoms with Crippen LogP contribution in [-0.4, -0.2) is 41.4 Å². The van der Waals surface area contributed by atoms with Crippen LogP contribution in [0.25, 0.3) is 0 Å². The molecule has 0 radical (unpaired) electrons. The van der Waals surface area contributed by atoms with E-state index in [1.165, 1.54) is 5.75 Å². The van der Waals surface area contributed by atoms with E-state index in [2.05, 4.69) is 57.6 Å². The lowest BCUT2D eigenvalue weighted by molar-refractivity contribution is 0.361. The van der Waals surface area contributed by atoms with Crippen molar-refractivity contribution in [3.05, 3.63) is 0 Å². The van der Waals surface area contributed by atoms with E-state index in [4.69, 9.17) is 29.4 Å². The molecule has 0 bridgehead atoms. The Labute approximate surface area is 137 Å². The first kappa shape index (κ1) is 33.1. The van der Waals surface area contributed by atoms with E-state index in [1.54, 1.807) is 0 Å². The van der Waals surface area contributed by atoms with Gasteiger partial charge in [0.1, 0.15) is 0 Å². The van der Waals surface area contributed by atoms with Crippen molar-refractivity contribution in [1.29, 1.82) is 0 Å². The van der Waals surface area contributed by atoms with Crippen LogP contribution in [0.3, 0.4) is 0 Å². The van der Waals surface area contributed by atoms with Gasteiger partial charge >= 0.3 is 13.4 Å². The minimum atomic E-state index is -3.81. The molecule has 130 valence electrons. The van der Waals surface area contributed by atoms with Gasteiger partial charge in [-0.3, -0.25) is 0 Å². The lowest BCUT2D eigenvalue weighted by Gasteiger charge is -1.88. The summed E-state index contributed by atoms with van der Waals surface area (Å²) in [5.41, 5.74) is 0. The summed E-state index contributed by atoms with van der Waals surface area (Å²) in [4.78, 5) is 45.3. The Balaban J connectivity index is -0.0000000482. The molecule has 0 atom stereocenters. The molecule has 0 aromatic heterocycles. The first-order chi connectivity index (χ1) is 8.65. The molecule has 0 amide bonds. The minimum absolute atomic E-state index is 0.833. The lowest BCUT2D eigenvalue weighted by Crippen LogP contribution is -1.66. The summed E-state index contributed by atoms with van der Waals surface area (Å²) >= 11 is 9.06. The first-order valence-electron chi connectivity index (χ1n) is 5.70. The molecule has 0 spiro atoms. The number of hydrogen-bond acceptors (Lipinski definition) is 3. The molecule has 20 heavy (non-hydrogen) atoms. The zero-order chi connectivity index (χ0) is 18.0. The van der Waals surface area contributed by atoms with Crippen molar-refractivity contribution in [2.45, 2.75) is 41.5 Å². The molecule has 0 saturated carbocycles. The molecule has 0 aliphatic heterocycles. The summed E-state index contributed by atoms with van der Waals surface area (Å²) in [6.07, 6.45) is 2.10. The van der Waals surface area contributed by atoms with Crippen molar-refractivity contribution < 1.29 is 29.4 Å². The third-order valence-electron chi connectivity index (χ3n) is 0.289. The quantitative estimate of drug-likeness (QED) is 0.374. The molecule has 0 heterocycles. The summed E-state index contributed by atoms with van der Waals surface area (Å²) in [6, 6.07) is 0. The smallest absolute Gasteiger partial charge is 0.319 e. The fourth-order valence-corrected chi connectivity index (χ4v) is 0. The zero-order valence-corrected chi connectivity index (χ0v) is 17.3. The highest BCUT2D eigenvalue weighted by Crippen LogP contribution is 2.26. The Morgan fingerprint density at radius 3 is 0.900 bits per heavy atom. The molecule has 0 unspecified atom stereocenters. The van der Waals surface area contributed by atoms with Gasteiger partial charge in [0.05, 0.1) is 0 Å². The van der Waals surface area contributed by atoms with Crippen LogP contribution < -0.4 is 0 Å². The second kappa shape index (κ2) is 22.7. The average Bonchev–Trinajstić information content (AvgIpc) is 2.14. The van der Waals surface area contributed by atoms with Gasteiger partial charge in [-0.25, -0.2) is 0 Å². The van der Waals surface area contributed by atoms with Crippen molar-refractivity contribution >= 4 is 48.8 Å². The summed E-state index contributed by atoms with van der Waals surface area (Å²) < 4.78 is 0. The molecule has 0 rings (SSSR count). The summed E-state index contributed by atoms with van der Waals surface area (Å²) in [7, 11) is 0. The van der Waals surface area contributed by atoms with E-state index in [0.29, 0.717) is 0 Å². The Morgan fingerprint density at radius 1 is 0.850 bits per heavy atom. The summed E-state index contributed by atoms with van der Waals surface area (Å²) in [5.74, 6) is 2.07. The minimum Gasteiger partial charge on any atom is -0.325 e. The highest BCUT2D eigenvalue weighted by atomic mass is 32.5. The zero-order valence-electron chi connectivity index (χ0n) is 13.1. The SMILES string of the molecule is CC.CC(C)C.CCSC.OP(O)(O)=S.OP(O)(O)=S. The largest absolute Gasteiger partial charge is 0.325 e. The van der Waals surface area contributed by atoms with Gasteiger partial charge in [-0.1, -0.05) is 41.5 Å². The molecule has 0 aliphatic carbocycles. The Morgan fingerprint density at radius 2 is 0.900 bits per heavy atom. The average molecular weight is 392 g/mol. The molecule has 0 aromatic rings. The molecular formula is C9H30O6P2S3. The van der Waals surface area contributed by atoms with E-state index < -0.39 is 13.4 Å². The fraction of sp³-hybridized carbons (Fsp3) is 1.00. The maximum Gasteiger partial charge on any atom is 0.319 e. The van der Waals surface area contributed by atoms with Gasteiger partial charge < -0.3 is 29.4 Å². The van der Waals surface area contributed by atoms with Crippen molar-refractivity contribution in [1.82, 2.24) is 0 Å². The van der Waals surface area contributed by atoms with Crippen LogP contribution in [0.5, 0.6) is 0 Å². The molecule has 0 aromatic carbocycles. The van der Waals surface area contributed by atoms with Crippen molar-refractivity contribution in [2.75, 3.05) is 12.0 Å². The van der Waals surface area contributed by atoms with Crippen molar-refractivity contribution in [3.63, 3.8) is 0 Å². The second-order valence-electron chi connectivity index (χ2n) is 3.34. The molecule has 11 heteroatoms. The molecule has 6 N–H and O–H groups in total. The monoisotopic (exact) mass is 392 g/mol. The van der Waals surface area contributed by atoms with Gasteiger partial charge in [0, 0.05) is 0 Å². The standard InChI is InChI=1S/C4H10.C3H8S.C2H6.2H3O3PS/c1-4(2)3;1-3-4-2;1-2;2*1-4(2,3)5/h4H,1-3H3;3H2,1-2H3;1-2H3;2*(H3,1,2,3,5). The second-order valence-corrected chi connectivity index (χ2v) is 9.48. The van der Waals surface area contributed by atoms with Crippen molar-refractivity contribution in [3.8, 4) is 0 Å². The van der Waals surface area contributed by atoms with Crippen LogP contribution >= 0.6 is 25.2 Å². The number of thioether (sulfide) groups is 1. The van der Waals surface area contributed by atoms with Crippen LogP contribution in [0.4, 0.5) is 0 Å². The Kier molecular flexibility index (Phi) is 37.6. The number of rotatable bonds is 1. The summed E-state index contributed by atoms with van der Waals surface area (Å²) in [5, 5.41) is 0. The van der Waals surface area contributed by atoms with Gasteiger partial charge in [0.15, 0.2) is 0 Å². The van der Waals surface area contributed by atoms with E-state index >= 15 is 0 Å². The normalized spacial score (nSPS) is 9.50. The van der Waals surface area contributed by atoms with E-state index in [-0.39, 0.29) is 0 Å². The van der Waals surface area contributed by atoms with E-state index in [9.17, 15) is 0 Å². The van der Waals surface area contributed by atoms with Gasteiger partial charge in [-0.05, 0) is 41.5 Å². The first-order valence-corrected chi connectivity index (χ1v) is 12.4. The number of hydrogen-bond donors (Lipinski definition) is 6. The maximum absolute atomic E-state index is 7.56. The third kappa shape index (κ3) is 1130. The molecular weight excluding hydrogens is 362 g/mol. The Hall–Kier alpha value is 1.41. The van der Waals surface area contributed by atoms with E-state index in [1.807, 2.05) is 25.6 Å². The van der Waals surface area contributed by atoms with Crippen molar-refractivity contribution in [2.24, 2.45) is 5.92 Å². The van der Waals surface area contributed by atoms with Crippen LogP contribution in [0, 0.1) is 5.92 Å². The van der Waals surface area contributed by atoms with Crippen LogP contribution in [-0.2, 0) is 23.6 Å². The van der Waals surface area contributed by atoms with Gasteiger partial charge in [0.25, 0.3) is 0 Å². The molecule has 0 aliphatic rings. The predicted octanol–water partition coefficient (Wildman–Crippen LogP) is 2.43. The van der Waals surface area contributed by atoms with Gasteiger partial charge in [0.2, 0.25) is 0 Å². The lowest BCUT2D eigenvalue weighted by atomic mass is 10.3. The molecule has 0 saturated heterocycles. The highest BCUT2D eigenvalue weighted by Gasteiger charge is 1.92. The fourth-order valence-electron chi connectivity index (χ4n) is 0. The van der Waals surface area contributed by atoms with Gasteiger partial charge in [-0.15, -0.1) is 0 Å². The van der Waals surface area contributed by atoms with Crippen LogP contribution in [0.15, 0.2) is 0 Å². The third-order valence-corrected chi connectivity index (χ3v) is 0.866. The highest BCUT2D eigenvalue weighted by molar-refractivity contribution is 8.06. The van der Waals surface area contributed by atoms with E-state index in [0.717, 1.165) is 5.92 Å². The molecule has 6 nitrogen and oxygen atoms in total. The predicted molar refractivity (Wildman–Crippen MR) is 97.8 cm³/mol. The topological polar surface area (TPSA) is 121 Å². The van der Waals surface area contributed by atoms with Crippen LogP contribution in [0.1, 0.15) is 41.5 Å². The maximum atomic E-state index is 7.56.